The largest absolute Gasteiger partial charge is 0.395 e. The van der Waals surface area contributed by atoms with E-state index in [-0.39, 0.29) is 40.0 Å². The third-order valence-corrected chi connectivity index (χ3v) is 8.74. The highest BCUT2D eigenvalue weighted by atomic mass is 32.2. The minimum atomic E-state index is -4.39. The number of aryl methyl sites for hydroxylation is 2. The fourth-order valence-corrected chi connectivity index (χ4v) is 5.46. The number of aliphatic hydroxyl groups is 1. The molecule has 4 aromatic rings. The number of nitriles is 1. The quantitative estimate of drug-likeness (QED) is 0.0773. The van der Waals surface area contributed by atoms with Crippen molar-refractivity contribution in [1.29, 1.82) is 5.26 Å². The molecule has 48 heavy (non-hydrogen) atoms. The molecule has 17 heteroatoms. The lowest BCUT2D eigenvalue weighted by molar-refractivity contribution is 0.311. The molecule has 1 heterocycles. The van der Waals surface area contributed by atoms with Crippen LogP contribution in [0.2, 0.25) is 0 Å². The van der Waals surface area contributed by atoms with Crippen LogP contribution in [0.4, 0.5) is 34.4 Å². The summed E-state index contributed by atoms with van der Waals surface area (Å²) >= 11 is 0. The first kappa shape index (κ1) is 35.7. The summed E-state index contributed by atoms with van der Waals surface area (Å²) in [7, 11) is -8.70. The van der Waals surface area contributed by atoms with Gasteiger partial charge in [0.15, 0.2) is 5.82 Å². The number of nitrogens with one attached hydrogen (secondary N) is 2. The maximum atomic E-state index is 11.4. The summed E-state index contributed by atoms with van der Waals surface area (Å²) in [5, 5.41) is 42.6. The first-order valence-electron chi connectivity index (χ1n) is 14.3. The summed E-state index contributed by atoms with van der Waals surface area (Å²) in [4.78, 5) is 4.05. The predicted octanol–water partition coefficient (Wildman–Crippen LogP) is 6.26. The number of rotatable bonds is 13. The van der Waals surface area contributed by atoms with Crippen LogP contribution in [0.5, 0.6) is 0 Å². The number of aliphatic hydroxyl groups excluding tert-OH is 1. The summed E-state index contributed by atoms with van der Waals surface area (Å²) in [5.41, 5.74) is 4.44. The fourth-order valence-electron chi connectivity index (χ4n) is 4.46. The standard InChI is InChI=1S/C31H32N8O7S2/c1-19-16-28(20(2)15-27(19)37-36-23-5-4-6-25(17-23)48(44,45)46)38-39-29-21(3)26(18-32)30(34-13-14-40)35-31(29)33-12-11-22-7-9-24(10-8-22)47(41,42)43/h4-10,15-17,40H,11-14H2,1-3H3,(H2,33,34,35)(H,41,42,43)(H,44,45,46). The average Bonchev–Trinajstić information content (AvgIpc) is 3.03. The second kappa shape index (κ2) is 15.2. The van der Waals surface area contributed by atoms with Crippen LogP contribution in [-0.2, 0) is 26.7 Å². The van der Waals surface area contributed by atoms with E-state index in [1.807, 2.05) is 0 Å². The van der Waals surface area contributed by atoms with Crippen molar-refractivity contribution in [3.8, 4) is 6.07 Å². The molecule has 1 aromatic heterocycles. The van der Waals surface area contributed by atoms with Gasteiger partial charge in [0.05, 0.1) is 39.0 Å². The maximum Gasteiger partial charge on any atom is 0.294 e. The van der Waals surface area contributed by atoms with Crippen molar-refractivity contribution in [2.45, 2.75) is 37.0 Å². The topological polar surface area (TPSA) is 239 Å². The Hall–Kier alpha value is -5.12. The van der Waals surface area contributed by atoms with Gasteiger partial charge in [0.1, 0.15) is 17.6 Å². The Kier molecular flexibility index (Phi) is 11.3. The third kappa shape index (κ3) is 9.02. The minimum absolute atomic E-state index is 0.162. The molecule has 5 N–H and O–H groups in total. The molecule has 0 spiro atoms. The van der Waals surface area contributed by atoms with Crippen molar-refractivity contribution < 1.29 is 31.0 Å². The molecule has 0 fully saturated rings. The molecule has 0 aliphatic carbocycles. The normalized spacial score (nSPS) is 12.0. The molecule has 15 nitrogen and oxygen atoms in total. The number of anilines is 2. The highest BCUT2D eigenvalue weighted by molar-refractivity contribution is 7.86. The lowest BCUT2D eigenvalue weighted by Gasteiger charge is -2.15. The van der Waals surface area contributed by atoms with Crippen LogP contribution in [0.1, 0.15) is 27.8 Å². The van der Waals surface area contributed by atoms with Crippen molar-refractivity contribution in [3.63, 3.8) is 0 Å². The summed E-state index contributed by atoms with van der Waals surface area (Å²) < 4.78 is 64.1. The second-order valence-electron chi connectivity index (χ2n) is 10.5. The molecule has 0 aliphatic rings. The molecular weight excluding hydrogens is 661 g/mol. The van der Waals surface area contributed by atoms with Crippen LogP contribution in [0.15, 0.2) is 90.9 Å². The first-order chi connectivity index (χ1) is 22.7. The molecule has 0 bridgehead atoms. The van der Waals surface area contributed by atoms with Crippen molar-refractivity contribution in [2.75, 3.05) is 30.3 Å². The van der Waals surface area contributed by atoms with E-state index in [1.54, 1.807) is 51.1 Å². The summed E-state index contributed by atoms with van der Waals surface area (Å²) in [6.45, 7) is 5.62. The first-order valence-corrected chi connectivity index (χ1v) is 17.2. The average molecular weight is 693 g/mol. The molecule has 0 unspecified atom stereocenters. The molecule has 0 aliphatic heterocycles. The number of pyridine rings is 1. The Morgan fingerprint density at radius 2 is 1.38 bits per heavy atom. The SMILES string of the molecule is Cc1cc(N=Nc2c(NCCc3ccc(S(=O)(=O)O)cc3)nc(NCCO)c(C#N)c2C)c(C)cc1N=Nc1cccc(S(=O)(=O)O)c1. The Morgan fingerprint density at radius 3 is 1.96 bits per heavy atom. The van der Waals surface area contributed by atoms with Crippen molar-refractivity contribution in [1.82, 2.24) is 4.98 Å². The van der Waals surface area contributed by atoms with Gasteiger partial charge in [0, 0.05) is 18.7 Å². The Balaban J connectivity index is 1.62. The van der Waals surface area contributed by atoms with E-state index in [0.29, 0.717) is 52.5 Å². The van der Waals surface area contributed by atoms with Gasteiger partial charge in [-0.15, -0.1) is 5.11 Å². The van der Waals surface area contributed by atoms with Gasteiger partial charge in [-0.2, -0.15) is 37.4 Å². The zero-order valence-electron chi connectivity index (χ0n) is 26.1. The summed E-state index contributed by atoms with van der Waals surface area (Å²) in [6.07, 6.45) is 0.455. The van der Waals surface area contributed by atoms with Gasteiger partial charge >= 0.3 is 0 Å². The van der Waals surface area contributed by atoms with Gasteiger partial charge in [-0.1, -0.05) is 18.2 Å². The summed E-state index contributed by atoms with van der Waals surface area (Å²) in [5.74, 6) is 0.573. The number of azo groups is 2. The fraction of sp³-hybridized carbons (Fsp3) is 0.226. The molecule has 250 valence electrons. The molecule has 4 rings (SSSR count). The van der Waals surface area contributed by atoms with Crippen molar-refractivity contribution >= 4 is 54.6 Å². The Bertz CT molecular complexity index is 2150. The van der Waals surface area contributed by atoms with E-state index in [0.717, 1.165) is 5.56 Å². The van der Waals surface area contributed by atoms with Gasteiger partial charge in [-0.25, -0.2) is 4.98 Å². The highest BCUT2D eigenvalue weighted by Crippen LogP contribution is 2.36. The predicted molar refractivity (Wildman–Crippen MR) is 178 cm³/mol. The van der Waals surface area contributed by atoms with Crippen LogP contribution < -0.4 is 10.6 Å². The minimum Gasteiger partial charge on any atom is -0.395 e. The second-order valence-corrected chi connectivity index (χ2v) is 13.4. The number of nitrogens with zero attached hydrogens (tertiary/aromatic N) is 6. The van der Waals surface area contributed by atoms with Crippen LogP contribution in [0, 0.1) is 32.1 Å². The zero-order valence-corrected chi connectivity index (χ0v) is 27.7. The van der Waals surface area contributed by atoms with E-state index < -0.39 is 20.2 Å². The highest BCUT2D eigenvalue weighted by Gasteiger charge is 2.18. The summed E-state index contributed by atoms with van der Waals surface area (Å²) in [6, 6.07) is 16.8. The van der Waals surface area contributed by atoms with Gasteiger partial charge in [0.25, 0.3) is 20.2 Å². The Morgan fingerprint density at radius 1 is 0.771 bits per heavy atom. The number of aromatic nitrogens is 1. The monoisotopic (exact) mass is 692 g/mol. The van der Waals surface area contributed by atoms with E-state index >= 15 is 0 Å². The van der Waals surface area contributed by atoms with Crippen LogP contribution in [0.3, 0.4) is 0 Å². The van der Waals surface area contributed by atoms with Gasteiger partial charge in [-0.3, -0.25) is 9.11 Å². The third-order valence-electron chi connectivity index (χ3n) is 7.02. The molecule has 0 atom stereocenters. The van der Waals surface area contributed by atoms with Gasteiger partial charge in [0.2, 0.25) is 0 Å². The van der Waals surface area contributed by atoms with Crippen LogP contribution in [-0.4, -0.2) is 55.7 Å². The van der Waals surface area contributed by atoms with Crippen molar-refractivity contribution in [3.05, 3.63) is 88.5 Å². The molecule has 0 saturated carbocycles. The molecule has 0 saturated heterocycles. The van der Waals surface area contributed by atoms with Crippen LogP contribution in [0.25, 0.3) is 0 Å². The number of hydrogen-bond acceptors (Lipinski definition) is 13. The smallest absolute Gasteiger partial charge is 0.294 e. The van der Waals surface area contributed by atoms with E-state index in [4.69, 9.17) is 0 Å². The van der Waals surface area contributed by atoms with Gasteiger partial charge < -0.3 is 15.7 Å². The maximum absolute atomic E-state index is 11.4. The van der Waals surface area contributed by atoms with Crippen molar-refractivity contribution in [2.24, 2.45) is 20.5 Å². The van der Waals surface area contributed by atoms with E-state index in [1.165, 1.54) is 30.3 Å². The van der Waals surface area contributed by atoms with E-state index in [9.17, 15) is 36.3 Å². The zero-order chi connectivity index (χ0) is 35.1. The molecule has 0 amide bonds. The van der Waals surface area contributed by atoms with Crippen LogP contribution >= 0.6 is 0 Å². The molecular formula is C31H32N8O7S2. The lowest BCUT2D eigenvalue weighted by Crippen LogP contribution is -2.13. The lowest BCUT2D eigenvalue weighted by atomic mass is 10.1. The number of benzene rings is 3. The van der Waals surface area contributed by atoms with Gasteiger partial charge in [-0.05, 0) is 86.3 Å². The number of hydrogen-bond donors (Lipinski definition) is 5. The Labute approximate surface area is 277 Å². The molecule has 0 radical (unpaired) electrons. The van der Waals surface area contributed by atoms with E-state index in [2.05, 4.69) is 42.1 Å². The molecule has 3 aromatic carbocycles.